The van der Waals surface area contributed by atoms with E-state index < -0.39 is 0 Å². The van der Waals surface area contributed by atoms with Gasteiger partial charge in [-0.05, 0) is 25.8 Å². The highest BCUT2D eigenvalue weighted by atomic mass is 14.8. The summed E-state index contributed by atoms with van der Waals surface area (Å²) >= 11 is 0. The topological polar surface area (TPSA) is 12.0 Å². The fraction of sp³-hybridized carbons (Fsp3) is 0.800. The van der Waals surface area contributed by atoms with E-state index in [1.54, 1.807) is 0 Å². The molecule has 0 aromatic carbocycles. The molecule has 1 fully saturated rings. The van der Waals surface area contributed by atoms with Crippen molar-refractivity contribution in [1.29, 1.82) is 0 Å². The Morgan fingerprint density at radius 1 is 1.55 bits per heavy atom. The molecule has 1 aliphatic rings. The molecule has 1 aliphatic carbocycles. The van der Waals surface area contributed by atoms with Gasteiger partial charge in [-0.15, -0.1) is 0 Å². The van der Waals surface area contributed by atoms with Gasteiger partial charge < -0.3 is 5.32 Å². The minimum atomic E-state index is 0.993. The summed E-state index contributed by atoms with van der Waals surface area (Å²) in [5.41, 5.74) is 1.23. The molecule has 0 amide bonds. The molecule has 1 rings (SSSR count). The quantitative estimate of drug-likeness (QED) is 0.472. The molecular weight excluding hydrogens is 134 g/mol. The van der Waals surface area contributed by atoms with Crippen molar-refractivity contribution >= 4 is 0 Å². The minimum absolute atomic E-state index is 0.993. The first kappa shape index (κ1) is 8.79. The molecule has 0 bridgehead atoms. The molecule has 1 heteroatoms. The number of hydrogen-bond donors (Lipinski definition) is 1. The molecule has 0 aromatic heterocycles. The van der Waals surface area contributed by atoms with E-state index in [9.17, 15) is 0 Å². The van der Waals surface area contributed by atoms with Gasteiger partial charge in [-0.2, -0.15) is 0 Å². The lowest BCUT2D eigenvalue weighted by molar-refractivity contribution is 0.293. The number of nitrogens with one attached hydrogen (secondary N) is 1. The normalized spacial score (nSPS) is 17.9. The van der Waals surface area contributed by atoms with Gasteiger partial charge in [0.25, 0.3) is 0 Å². The van der Waals surface area contributed by atoms with Crippen LogP contribution in [0.5, 0.6) is 0 Å². The Morgan fingerprint density at radius 3 is 2.73 bits per heavy atom. The fourth-order valence-corrected chi connectivity index (χ4v) is 1.39. The van der Waals surface area contributed by atoms with Gasteiger partial charge in [0, 0.05) is 6.54 Å². The van der Waals surface area contributed by atoms with Gasteiger partial charge in [0.05, 0.1) is 0 Å². The summed E-state index contributed by atoms with van der Waals surface area (Å²) in [6.45, 7) is 8.08. The maximum atomic E-state index is 3.84. The van der Waals surface area contributed by atoms with E-state index >= 15 is 0 Å². The molecule has 0 saturated heterocycles. The Kier molecular flexibility index (Phi) is 3.64. The Balaban J connectivity index is 1.83. The molecule has 0 atom stereocenters. The fourth-order valence-electron chi connectivity index (χ4n) is 1.39. The summed E-state index contributed by atoms with van der Waals surface area (Å²) in [6, 6.07) is 0. The SMILES string of the molecule is C=C(C)CNCCC1CCC1. The van der Waals surface area contributed by atoms with Crippen molar-refractivity contribution in [2.75, 3.05) is 13.1 Å². The summed E-state index contributed by atoms with van der Waals surface area (Å²) in [5, 5.41) is 3.38. The van der Waals surface area contributed by atoms with Crippen LogP contribution in [0.4, 0.5) is 0 Å². The Labute approximate surface area is 69.9 Å². The van der Waals surface area contributed by atoms with E-state index in [0.29, 0.717) is 0 Å². The lowest BCUT2D eigenvalue weighted by Crippen LogP contribution is -2.22. The molecule has 0 unspecified atom stereocenters. The highest BCUT2D eigenvalue weighted by Crippen LogP contribution is 2.28. The first-order valence-electron chi connectivity index (χ1n) is 4.64. The lowest BCUT2D eigenvalue weighted by atomic mass is 9.83. The maximum Gasteiger partial charge on any atom is 0.0159 e. The second kappa shape index (κ2) is 4.55. The van der Waals surface area contributed by atoms with E-state index in [1.807, 2.05) is 0 Å². The van der Waals surface area contributed by atoms with Crippen LogP contribution in [0.25, 0.3) is 0 Å². The molecule has 1 N–H and O–H groups in total. The van der Waals surface area contributed by atoms with Crippen LogP contribution in [-0.2, 0) is 0 Å². The van der Waals surface area contributed by atoms with Crippen LogP contribution in [0.15, 0.2) is 12.2 Å². The van der Waals surface area contributed by atoms with Crippen LogP contribution in [0.2, 0.25) is 0 Å². The third kappa shape index (κ3) is 3.57. The van der Waals surface area contributed by atoms with Gasteiger partial charge in [0.1, 0.15) is 0 Å². The van der Waals surface area contributed by atoms with E-state index in [4.69, 9.17) is 0 Å². The van der Waals surface area contributed by atoms with Gasteiger partial charge in [0.2, 0.25) is 0 Å². The Hall–Kier alpha value is -0.300. The summed E-state index contributed by atoms with van der Waals surface area (Å²) in [6.07, 6.45) is 5.77. The first-order valence-corrected chi connectivity index (χ1v) is 4.64. The second-order valence-electron chi connectivity index (χ2n) is 3.72. The van der Waals surface area contributed by atoms with Gasteiger partial charge >= 0.3 is 0 Å². The maximum absolute atomic E-state index is 3.84. The molecular formula is C10H19N. The second-order valence-corrected chi connectivity index (χ2v) is 3.72. The molecule has 11 heavy (non-hydrogen) atoms. The van der Waals surface area contributed by atoms with E-state index in [1.165, 1.54) is 37.8 Å². The van der Waals surface area contributed by atoms with Gasteiger partial charge in [-0.25, -0.2) is 0 Å². The van der Waals surface area contributed by atoms with Gasteiger partial charge in [-0.3, -0.25) is 0 Å². The van der Waals surface area contributed by atoms with E-state index in [-0.39, 0.29) is 0 Å². The standard InChI is InChI=1S/C10H19N/c1-9(2)8-11-7-6-10-4-3-5-10/h10-11H,1,3-8H2,2H3. The van der Waals surface area contributed by atoms with Crippen molar-refractivity contribution in [3.63, 3.8) is 0 Å². The molecule has 0 radical (unpaired) electrons. The van der Waals surface area contributed by atoms with Crippen LogP contribution in [0.1, 0.15) is 32.6 Å². The molecule has 0 aromatic rings. The highest BCUT2D eigenvalue weighted by Gasteiger charge is 2.15. The zero-order valence-corrected chi connectivity index (χ0v) is 7.53. The van der Waals surface area contributed by atoms with Crippen molar-refractivity contribution in [3.05, 3.63) is 12.2 Å². The van der Waals surface area contributed by atoms with Crippen molar-refractivity contribution in [2.24, 2.45) is 5.92 Å². The summed E-state index contributed by atoms with van der Waals surface area (Å²) in [7, 11) is 0. The summed E-state index contributed by atoms with van der Waals surface area (Å²) in [5.74, 6) is 1.03. The first-order chi connectivity index (χ1) is 5.29. The Bertz CT molecular complexity index is 125. The molecule has 64 valence electrons. The van der Waals surface area contributed by atoms with Crippen molar-refractivity contribution in [3.8, 4) is 0 Å². The zero-order chi connectivity index (χ0) is 8.10. The smallest absolute Gasteiger partial charge is 0.0159 e. The van der Waals surface area contributed by atoms with Crippen molar-refractivity contribution < 1.29 is 0 Å². The van der Waals surface area contributed by atoms with Crippen LogP contribution in [0.3, 0.4) is 0 Å². The van der Waals surface area contributed by atoms with Crippen LogP contribution in [0, 0.1) is 5.92 Å². The molecule has 0 aliphatic heterocycles. The third-order valence-corrected chi connectivity index (χ3v) is 2.38. The van der Waals surface area contributed by atoms with Crippen LogP contribution >= 0.6 is 0 Å². The molecule has 0 heterocycles. The van der Waals surface area contributed by atoms with Crippen LogP contribution in [-0.4, -0.2) is 13.1 Å². The monoisotopic (exact) mass is 153 g/mol. The van der Waals surface area contributed by atoms with Crippen LogP contribution < -0.4 is 5.32 Å². The average Bonchev–Trinajstić information content (AvgIpc) is 1.82. The van der Waals surface area contributed by atoms with E-state index in [2.05, 4.69) is 18.8 Å². The number of rotatable bonds is 5. The highest BCUT2D eigenvalue weighted by molar-refractivity contribution is 4.90. The third-order valence-electron chi connectivity index (χ3n) is 2.38. The minimum Gasteiger partial charge on any atom is -0.313 e. The zero-order valence-electron chi connectivity index (χ0n) is 7.53. The van der Waals surface area contributed by atoms with Crippen molar-refractivity contribution in [1.82, 2.24) is 5.32 Å². The van der Waals surface area contributed by atoms with Crippen molar-refractivity contribution in [2.45, 2.75) is 32.6 Å². The van der Waals surface area contributed by atoms with E-state index in [0.717, 1.165) is 12.5 Å². The Morgan fingerprint density at radius 2 is 2.27 bits per heavy atom. The summed E-state index contributed by atoms with van der Waals surface area (Å²) in [4.78, 5) is 0. The lowest BCUT2D eigenvalue weighted by Gasteiger charge is -2.25. The predicted molar refractivity (Wildman–Crippen MR) is 49.6 cm³/mol. The predicted octanol–water partition coefficient (Wildman–Crippen LogP) is 2.34. The largest absolute Gasteiger partial charge is 0.313 e. The molecule has 1 nitrogen and oxygen atoms in total. The summed E-state index contributed by atoms with van der Waals surface area (Å²) < 4.78 is 0. The van der Waals surface area contributed by atoms with Gasteiger partial charge in [0.15, 0.2) is 0 Å². The molecule has 0 spiro atoms. The average molecular weight is 153 g/mol. The van der Waals surface area contributed by atoms with Gasteiger partial charge in [-0.1, -0.05) is 31.4 Å². The molecule has 1 saturated carbocycles. The number of hydrogen-bond acceptors (Lipinski definition) is 1.